The van der Waals surface area contributed by atoms with Crippen LogP contribution in [0.15, 0.2) is 11.6 Å². The van der Waals surface area contributed by atoms with Crippen molar-refractivity contribution in [3.05, 3.63) is 11.6 Å². The Kier molecular flexibility index (Phi) is 3.73. The first kappa shape index (κ1) is 12.0. The molecule has 0 heterocycles. The van der Waals surface area contributed by atoms with Crippen molar-refractivity contribution in [3.63, 3.8) is 0 Å². The normalized spacial score (nSPS) is 22.3. The minimum absolute atomic E-state index is 0.0474. The molecule has 0 aromatic rings. The Bertz CT molecular complexity index is 270. The van der Waals surface area contributed by atoms with Crippen LogP contribution < -0.4 is 0 Å². The zero-order valence-electron chi connectivity index (χ0n) is 7.88. The van der Waals surface area contributed by atoms with Gasteiger partial charge in [0.1, 0.15) is 0 Å². The van der Waals surface area contributed by atoms with Crippen molar-refractivity contribution in [1.29, 1.82) is 0 Å². The van der Waals surface area contributed by atoms with Crippen LogP contribution in [0.1, 0.15) is 25.7 Å². The van der Waals surface area contributed by atoms with E-state index < -0.39 is 18.4 Å². The van der Waals surface area contributed by atoms with Crippen LogP contribution in [0.5, 0.6) is 0 Å². The number of halogens is 3. The molecule has 15 heavy (non-hydrogen) atoms. The van der Waals surface area contributed by atoms with E-state index in [9.17, 15) is 18.0 Å². The van der Waals surface area contributed by atoms with Crippen molar-refractivity contribution < 1.29 is 27.8 Å². The fourth-order valence-corrected chi connectivity index (χ4v) is 1.58. The maximum absolute atomic E-state index is 11.9. The van der Waals surface area contributed by atoms with E-state index in [1.165, 1.54) is 0 Å². The SMILES string of the molecule is O=C(O)CC1=CCC[C@H](OC(F)(F)F)C1. The molecule has 1 N–H and O–H groups in total. The molecule has 1 aliphatic carbocycles. The summed E-state index contributed by atoms with van der Waals surface area (Å²) >= 11 is 0. The van der Waals surface area contributed by atoms with Gasteiger partial charge in [0, 0.05) is 0 Å². The molecule has 0 saturated carbocycles. The largest absolute Gasteiger partial charge is 0.522 e. The zero-order chi connectivity index (χ0) is 11.5. The Morgan fingerprint density at radius 1 is 1.60 bits per heavy atom. The molecule has 0 aromatic heterocycles. The number of allylic oxidation sites excluding steroid dienone is 1. The van der Waals surface area contributed by atoms with Gasteiger partial charge in [0.15, 0.2) is 0 Å². The van der Waals surface area contributed by atoms with Crippen molar-refractivity contribution in [1.82, 2.24) is 0 Å². The highest BCUT2D eigenvalue weighted by atomic mass is 19.4. The molecule has 1 rings (SSSR count). The highest BCUT2D eigenvalue weighted by Gasteiger charge is 2.34. The van der Waals surface area contributed by atoms with Gasteiger partial charge in [-0.1, -0.05) is 11.6 Å². The van der Waals surface area contributed by atoms with Crippen LogP contribution in [-0.2, 0) is 9.53 Å². The van der Waals surface area contributed by atoms with Gasteiger partial charge >= 0.3 is 12.3 Å². The first-order valence-corrected chi connectivity index (χ1v) is 4.51. The highest BCUT2D eigenvalue weighted by molar-refractivity contribution is 5.70. The smallest absolute Gasteiger partial charge is 0.481 e. The second-order valence-electron chi connectivity index (χ2n) is 3.40. The van der Waals surface area contributed by atoms with Crippen molar-refractivity contribution in [2.24, 2.45) is 0 Å². The number of carbonyl (C=O) groups is 1. The fourth-order valence-electron chi connectivity index (χ4n) is 1.58. The van der Waals surface area contributed by atoms with Gasteiger partial charge in [-0.25, -0.2) is 0 Å². The minimum atomic E-state index is -4.64. The Morgan fingerprint density at radius 3 is 2.80 bits per heavy atom. The first-order valence-electron chi connectivity index (χ1n) is 4.51. The number of aliphatic carboxylic acids is 1. The molecule has 0 unspecified atom stereocenters. The van der Waals surface area contributed by atoms with Crippen LogP contribution in [0.3, 0.4) is 0 Å². The Morgan fingerprint density at radius 2 is 2.27 bits per heavy atom. The molecule has 0 fully saturated rings. The number of carboxylic acid groups (broad SMARTS) is 1. The lowest BCUT2D eigenvalue weighted by Crippen LogP contribution is -2.26. The van der Waals surface area contributed by atoms with Gasteiger partial charge < -0.3 is 5.11 Å². The lowest BCUT2D eigenvalue weighted by atomic mass is 9.95. The summed E-state index contributed by atoms with van der Waals surface area (Å²) in [7, 11) is 0. The summed E-state index contributed by atoms with van der Waals surface area (Å²) in [5.74, 6) is -1.03. The van der Waals surface area contributed by atoms with E-state index in [0.29, 0.717) is 12.0 Å². The number of carboxylic acids is 1. The molecule has 0 amide bonds. The molecule has 1 aliphatic rings. The maximum atomic E-state index is 11.9. The molecule has 3 nitrogen and oxygen atoms in total. The summed E-state index contributed by atoms with van der Waals surface area (Å²) in [5.41, 5.74) is 0.503. The van der Waals surface area contributed by atoms with E-state index >= 15 is 0 Å². The standard InChI is InChI=1S/C9H11F3O3/c10-9(11,12)15-7-3-1-2-6(4-7)5-8(13)14/h2,7H,1,3-5H2,(H,13,14)/t7-/m0/s1. The van der Waals surface area contributed by atoms with Gasteiger partial charge in [-0.15, -0.1) is 13.2 Å². The average Bonchev–Trinajstić information content (AvgIpc) is 1.99. The molecule has 0 bridgehead atoms. The van der Waals surface area contributed by atoms with E-state index in [2.05, 4.69) is 4.74 Å². The third-order valence-corrected chi connectivity index (χ3v) is 2.09. The van der Waals surface area contributed by atoms with Crippen LogP contribution in [0.25, 0.3) is 0 Å². The molecule has 6 heteroatoms. The second kappa shape index (κ2) is 4.65. The van der Waals surface area contributed by atoms with Crippen LogP contribution >= 0.6 is 0 Å². The van der Waals surface area contributed by atoms with Crippen molar-refractivity contribution in [3.8, 4) is 0 Å². The Labute approximate surface area is 84.5 Å². The number of hydrogen-bond acceptors (Lipinski definition) is 2. The average molecular weight is 224 g/mol. The highest BCUT2D eigenvalue weighted by Crippen LogP contribution is 2.28. The molecule has 1 atom stereocenters. The van der Waals surface area contributed by atoms with Crippen LogP contribution in [-0.4, -0.2) is 23.5 Å². The van der Waals surface area contributed by atoms with Gasteiger partial charge in [0.05, 0.1) is 12.5 Å². The van der Waals surface area contributed by atoms with Crippen molar-refractivity contribution in [2.75, 3.05) is 0 Å². The van der Waals surface area contributed by atoms with E-state index in [-0.39, 0.29) is 19.3 Å². The second-order valence-corrected chi connectivity index (χ2v) is 3.40. The molecule has 0 aliphatic heterocycles. The number of ether oxygens (including phenoxy) is 1. The molecule has 0 radical (unpaired) electrons. The Balaban J connectivity index is 2.47. The van der Waals surface area contributed by atoms with Crippen LogP contribution in [0, 0.1) is 0 Å². The monoisotopic (exact) mass is 224 g/mol. The lowest BCUT2D eigenvalue weighted by Gasteiger charge is -2.23. The summed E-state index contributed by atoms with van der Waals surface area (Å²) in [4.78, 5) is 10.4. The summed E-state index contributed by atoms with van der Waals surface area (Å²) in [6, 6.07) is 0. The Hall–Kier alpha value is -1.04. The summed E-state index contributed by atoms with van der Waals surface area (Å²) in [6.07, 6.45) is -3.36. The predicted molar refractivity (Wildman–Crippen MR) is 45.1 cm³/mol. The molecule has 0 spiro atoms. The molecule has 0 aromatic carbocycles. The fraction of sp³-hybridized carbons (Fsp3) is 0.667. The van der Waals surface area contributed by atoms with Gasteiger partial charge in [-0.2, -0.15) is 0 Å². The molecule has 0 saturated heterocycles. The summed E-state index contributed by atoms with van der Waals surface area (Å²) in [5, 5.41) is 8.48. The van der Waals surface area contributed by atoms with Gasteiger partial charge in [-0.05, 0) is 19.3 Å². The number of alkyl halides is 3. The molecule has 86 valence electrons. The van der Waals surface area contributed by atoms with Gasteiger partial charge in [0.25, 0.3) is 0 Å². The van der Waals surface area contributed by atoms with Gasteiger partial charge in [0.2, 0.25) is 0 Å². The topological polar surface area (TPSA) is 46.5 Å². The van der Waals surface area contributed by atoms with E-state index in [1.807, 2.05) is 0 Å². The predicted octanol–water partition coefficient (Wildman–Crippen LogP) is 2.48. The first-order chi connectivity index (χ1) is 6.87. The zero-order valence-corrected chi connectivity index (χ0v) is 7.88. The quantitative estimate of drug-likeness (QED) is 0.749. The number of hydrogen-bond donors (Lipinski definition) is 1. The third kappa shape index (κ3) is 4.83. The van der Waals surface area contributed by atoms with Gasteiger partial charge in [-0.3, -0.25) is 9.53 Å². The maximum Gasteiger partial charge on any atom is 0.522 e. The van der Waals surface area contributed by atoms with Crippen molar-refractivity contribution >= 4 is 5.97 Å². The van der Waals surface area contributed by atoms with Crippen molar-refractivity contribution in [2.45, 2.75) is 38.1 Å². The molecular formula is C9H11F3O3. The van der Waals surface area contributed by atoms with E-state index in [1.54, 1.807) is 6.08 Å². The third-order valence-electron chi connectivity index (χ3n) is 2.09. The minimum Gasteiger partial charge on any atom is -0.481 e. The van der Waals surface area contributed by atoms with Crippen LogP contribution in [0.4, 0.5) is 13.2 Å². The lowest BCUT2D eigenvalue weighted by molar-refractivity contribution is -0.343. The van der Waals surface area contributed by atoms with E-state index in [0.717, 1.165) is 0 Å². The van der Waals surface area contributed by atoms with Crippen LogP contribution in [0.2, 0.25) is 0 Å². The summed E-state index contributed by atoms with van der Waals surface area (Å²) in [6.45, 7) is 0. The number of rotatable bonds is 3. The molecular weight excluding hydrogens is 213 g/mol. The summed E-state index contributed by atoms with van der Waals surface area (Å²) < 4.78 is 39.5. The van der Waals surface area contributed by atoms with E-state index in [4.69, 9.17) is 5.11 Å².